The summed E-state index contributed by atoms with van der Waals surface area (Å²) >= 11 is 0. The normalized spacial score (nSPS) is 9.37. The largest absolute Gasteiger partial charge is 0.478 e. The highest BCUT2D eigenvalue weighted by Crippen LogP contribution is 2.19. The summed E-state index contributed by atoms with van der Waals surface area (Å²) in [7, 11) is 0. The van der Waals surface area contributed by atoms with Gasteiger partial charge in [-0.05, 0) is 38.0 Å². The fraction of sp³-hybridized carbons (Fsp3) is 0.333. The van der Waals surface area contributed by atoms with Crippen molar-refractivity contribution in [3.8, 4) is 11.8 Å². The van der Waals surface area contributed by atoms with Crippen LogP contribution in [-0.4, -0.2) is 17.0 Å². The molecular weight excluding hydrogens is 242 g/mol. The number of carbonyl (C=O) groups is 2. The van der Waals surface area contributed by atoms with Crippen molar-refractivity contribution in [3.63, 3.8) is 0 Å². The first kappa shape index (κ1) is 14.8. The summed E-state index contributed by atoms with van der Waals surface area (Å²) in [5, 5.41) is 11.7. The highest BCUT2D eigenvalue weighted by molar-refractivity contribution is 5.96. The molecule has 0 saturated carbocycles. The van der Waals surface area contributed by atoms with Crippen LogP contribution in [0.2, 0.25) is 0 Å². The second-order valence-corrected chi connectivity index (χ2v) is 4.11. The number of rotatable bonds is 5. The second-order valence-electron chi connectivity index (χ2n) is 4.11. The fourth-order valence-corrected chi connectivity index (χ4v) is 1.68. The Kier molecular flexibility index (Phi) is 5.62. The van der Waals surface area contributed by atoms with Crippen molar-refractivity contribution in [1.82, 2.24) is 0 Å². The maximum Gasteiger partial charge on any atom is 0.336 e. The highest BCUT2D eigenvalue weighted by atomic mass is 16.4. The smallest absolute Gasteiger partial charge is 0.336 e. The van der Waals surface area contributed by atoms with E-state index in [4.69, 9.17) is 5.11 Å². The molecule has 0 aliphatic heterocycles. The molecule has 0 radical (unpaired) electrons. The molecule has 0 aliphatic carbocycles. The van der Waals surface area contributed by atoms with Gasteiger partial charge in [-0.25, -0.2) is 4.79 Å². The van der Waals surface area contributed by atoms with Crippen LogP contribution in [0.3, 0.4) is 0 Å². The van der Waals surface area contributed by atoms with Crippen molar-refractivity contribution in [2.45, 2.75) is 33.1 Å². The van der Waals surface area contributed by atoms with Crippen molar-refractivity contribution < 1.29 is 14.7 Å². The van der Waals surface area contributed by atoms with Gasteiger partial charge in [-0.1, -0.05) is 6.07 Å². The van der Waals surface area contributed by atoms with Gasteiger partial charge >= 0.3 is 5.97 Å². The van der Waals surface area contributed by atoms with Crippen molar-refractivity contribution in [1.29, 1.82) is 0 Å². The second kappa shape index (κ2) is 7.22. The number of anilines is 1. The molecule has 19 heavy (non-hydrogen) atoms. The van der Waals surface area contributed by atoms with Gasteiger partial charge in [0.1, 0.15) is 0 Å². The van der Waals surface area contributed by atoms with Gasteiger partial charge in [-0.15, -0.1) is 11.8 Å². The Morgan fingerprint density at radius 3 is 2.74 bits per heavy atom. The van der Waals surface area contributed by atoms with E-state index in [1.165, 1.54) is 6.07 Å². The minimum atomic E-state index is -0.994. The lowest BCUT2D eigenvalue weighted by atomic mass is 10.1. The predicted octanol–water partition coefficient (Wildman–Crippen LogP) is 2.83. The Labute approximate surface area is 112 Å². The van der Waals surface area contributed by atoms with E-state index >= 15 is 0 Å². The molecule has 0 bridgehead atoms. The standard InChI is InChI=1S/C15H17NO3/c1-3-4-5-6-10-14(17)16-13-9-7-8-12(11(13)2)15(18)19/h7-9H,5-6,10H2,1-2H3,(H,16,17)(H,18,19). The van der Waals surface area contributed by atoms with Gasteiger partial charge in [0.2, 0.25) is 5.91 Å². The molecule has 0 unspecified atom stereocenters. The van der Waals surface area contributed by atoms with Gasteiger partial charge in [0.05, 0.1) is 5.56 Å². The summed E-state index contributed by atoms with van der Waals surface area (Å²) in [5.41, 5.74) is 1.32. The molecule has 4 nitrogen and oxygen atoms in total. The van der Waals surface area contributed by atoms with E-state index in [0.717, 1.165) is 0 Å². The molecule has 1 aromatic carbocycles. The summed E-state index contributed by atoms with van der Waals surface area (Å²) in [4.78, 5) is 22.7. The van der Waals surface area contributed by atoms with Crippen LogP contribution in [-0.2, 0) is 4.79 Å². The van der Waals surface area contributed by atoms with E-state index in [2.05, 4.69) is 17.2 Å². The van der Waals surface area contributed by atoms with E-state index in [-0.39, 0.29) is 11.5 Å². The maximum absolute atomic E-state index is 11.7. The van der Waals surface area contributed by atoms with Crippen molar-refractivity contribution in [3.05, 3.63) is 29.3 Å². The first-order chi connectivity index (χ1) is 9.06. The van der Waals surface area contributed by atoms with Crippen LogP contribution in [0.15, 0.2) is 18.2 Å². The third-order valence-corrected chi connectivity index (χ3v) is 2.72. The van der Waals surface area contributed by atoms with Crippen LogP contribution in [0.4, 0.5) is 5.69 Å². The third-order valence-electron chi connectivity index (χ3n) is 2.72. The van der Waals surface area contributed by atoms with Gasteiger partial charge < -0.3 is 10.4 Å². The summed E-state index contributed by atoms with van der Waals surface area (Å²) in [5.74, 6) is 4.55. The number of hydrogen-bond donors (Lipinski definition) is 2. The van der Waals surface area contributed by atoms with Gasteiger partial charge in [-0.3, -0.25) is 4.79 Å². The first-order valence-electron chi connectivity index (χ1n) is 6.08. The number of amides is 1. The Morgan fingerprint density at radius 1 is 1.37 bits per heavy atom. The van der Waals surface area contributed by atoms with Crippen molar-refractivity contribution >= 4 is 17.6 Å². The Bertz CT molecular complexity index is 538. The maximum atomic E-state index is 11.7. The molecule has 100 valence electrons. The number of carbonyl (C=O) groups excluding carboxylic acids is 1. The zero-order valence-corrected chi connectivity index (χ0v) is 11.1. The number of hydrogen-bond acceptors (Lipinski definition) is 2. The molecule has 0 aliphatic rings. The summed E-state index contributed by atoms with van der Waals surface area (Å²) in [6.07, 6.45) is 1.77. The Morgan fingerprint density at radius 2 is 2.11 bits per heavy atom. The monoisotopic (exact) mass is 259 g/mol. The van der Waals surface area contributed by atoms with Gasteiger partial charge in [0.15, 0.2) is 0 Å². The summed E-state index contributed by atoms with van der Waals surface area (Å²) in [6.45, 7) is 3.45. The molecule has 0 atom stereocenters. The number of unbranched alkanes of at least 4 members (excludes halogenated alkanes) is 1. The molecule has 0 aromatic heterocycles. The topological polar surface area (TPSA) is 66.4 Å². The predicted molar refractivity (Wildman–Crippen MR) is 74.1 cm³/mol. The van der Waals surface area contributed by atoms with Gasteiger partial charge in [-0.2, -0.15) is 0 Å². The quantitative estimate of drug-likeness (QED) is 0.631. The van der Waals surface area contributed by atoms with Crippen molar-refractivity contribution in [2.24, 2.45) is 0 Å². The highest BCUT2D eigenvalue weighted by Gasteiger charge is 2.11. The van der Waals surface area contributed by atoms with E-state index in [9.17, 15) is 9.59 Å². The van der Waals surface area contributed by atoms with E-state index < -0.39 is 5.97 Å². The lowest BCUT2D eigenvalue weighted by Crippen LogP contribution is -2.13. The van der Waals surface area contributed by atoms with Gasteiger partial charge in [0.25, 0.3) is 0 Å². The Hall–Kier alpha value is -2.28. The van der Waals surface area contributed by atoms with E-state index in [1.54, 1.807) is 26.0 Å². The molecule has 0 saturated heterocycles. The van der Waals surface area contributed by atoms with Gasteiger partial charge in [0, 0.05) is 18.5 Å². The van der Waals surface area contributed by atoms with Crippen LogP contribution < -0.4 is 5.32 Å². The molecular formula is C15H17NO3. The molecule has 0 spiro atoms. The zero-order chi connectivity index (χ0) is 14.3. The van der Waals surface area contributed by atoms with Crippen molar-refractivity contribution in [2.75, 3.05) is 5.32 Å². The minimum absolute atomic E-state index is 0.122. The molecule has 1 aromatic rings. The summed E-state index contributed by atoms with van der Waals surface area (Å²) in [6, 6.07) is 4.84. The first-order valence-corrected chi connectivity index (χ1v) is 6.08. The van der Waals surface area contributed by atoms with Crippen LogP contribution in [0.25, 0.3) is 0 Å². The minimum Gasteiger partial charge on any atom is -0.478 e. The molecule has 4 heteroatoms. The zero-order valence-electron chi connectivity index (χ0n) is 11.1. The fourth-order valence-electron chi connectivity index (χ4n) is 1.68. The average molecular weight is 259 g/mol. The number of aromatic carboxylic acids is 1. The average Bonchev–Trinajstić information content (AvgIpc) is 2.37. The summed E-state index contributed by atoms with van der Waals surface area (Å²) < 4.78 is 0. The van der Waals surface area contributed by atoms with Crippen LogP contribution in [0.1, 0.15) is 42.1 Å². The van der Waals surface area contributed by atoms with Crippen LogP contribution in [0.5, 0.6) is 0 Å². The SMILES string of the molecule is CC#CCCCC(=O)Nc1cccc(C(=O)O)c1C. The number of benzene rings is 1. The molecule has 0 fully saturated rings. The van der Waals surface area contributed by atoms with E-state index in [1.807, 2.05) is 0 Å². The molecule has 1 rings (SSSR count). The van der Waals surface area contributed by atoms with Crippen LogP contribution in [0, 0.1) is 18.8 Å². The molecule has 1 amide bonds. The molecule has 0 heterocycles. The number of carboxylic acids is 1. The lowest BCUT2D eigenvalue weighted by molar-refractivity contribution is -0.116. The Balaban J connectivity index is 2.66. The number of carboxylic acid groups (broad SMARTS) is 1. The van der Waals surface area contributed by atoms with Crippen LogP contribution >= 0.6 is 0 Å². The lowest BCUT2D eigenvalue weighted by Gasteiger charge is -2.10. The third kappa shape index (κ3) is 4.47. The molecule has 2 N–H and O–H groups in total. The van der Waals surface area contributed by atoms with E-state index in [0.29, 0.717) is 30.5 Å². The number of nitrogens with one attached hydrogen (secondary N) is 1.